The predicted octanol–water partition coefficient (Wildman–Crippen LogP) is 6.05. The normalized spacial score (nSPS) is 11.5. The SMILES string of the molecule is CC(=O)CC(=O)OPCCCCCCCCCCCCC(C)C. The van der Waals surface area contributed by atoms with E-state index in [1.165, 1.54) is 71.1 Å². The van der Waals surface area contributed by atoms with E-state index in [1.54, 1.807) is 0 Å². The van der Waals surface area contributed by atoms with Crippen molar-refractivity contribution in [1.29, 1.82) is 0 Å². The minimum Gasteiger partial charge on any atom is -0.448 e. The maximum Gasteiger partial charge on any atom is 0.315 e. The Balaban J connectivity index is 3.11. The Kier molecular flexibility index (Phi) is 16.1. The van der Waals surface area contributed by atoms with Crippen LogP contribution in [-0.4, -0.2) is 17.9 Å². The van der Waals surface area contributed by atoms with E-state index in [0.717, 1.165) is 18.5 Å². The van der Waals surface area contributed by atoms with Gasteiger partial charge in [-0.25, -0.2) is 0 Å². The molecule has 136 valence electrons. The summed E-state index contributed by atoms with van der Waals surface area (Å²) >= 11 is 0. The van der Waals surface area contributed by atoms with E-state index < -0.39 is 0 Å². The zero-order chi connectivity index (χ0) is 17.3. The van der Waals surface area contributed by atoms with Crippen molar-refractivity contribution in [1.82, 2.24) is 0 Å². The number of hydrogen-bond donors (Lipinski definition) is 0. The van der Waals surface area contributed by atoms with Crippen LogP contribution in [0.25, 0.3) is 0 Å². The van der Waals surface area contributed by atoms with E-state index in [-0.39, 0.29) is 27.0 Å². The van der Waals surface area contributed by atoms with Gasteiger partial charge < -0.3 is 4.52 Å². The highest BCUT2D eigenvalue weighted by Gasteiger charge is 2.05. The molecule has 0 heterocycles. The van der Waals surface area contributed by atoms with Crippen molar-refractivity contribution < 1.29 is 14.1 Å². The Labute approximate surface area is 145 Å². The lowest BCUT2D eigenvalue weighted by Gasteiger charge is -2.05. The van der Waals surface area contributed by atoms with Crippen molar-refractivity contribution in [2.75, 3.05) is 6.16 Å². The van der Waals surface area contributed by atoms with Crippen LogP contribution in [0, 0.1) is 5.92 Å². The smallest absolute Gasteiger partial charge is 0.315 e. The fraction of sp³-hybridized carbons (Fsp3) is 0.895. The molecule has 0 rings (SSSR count). The molecule has 3 nitrogen and oxygen atoms in total. The third-order valence-corrected chi connectivity index (χ3v) is 4.82. The monoisotopic (exact) mass is 344 g/mol. The quantitative estimate of drug-likeness (QED) is 0.194. The Bertz CT molecular complexity index is 303. The third-order valence-electron chi connectivity index (χ3n) is 3.89. The summed E-state index contributed by atoms with van der Waals surface area (Å²) in [7, 11) is 0.220. The van der Waals surface area contributed by atoms with Crippen LogP contribution in [0.2, 0.25) is 0 Å². The fourth-order valence-electron chi connectivity index (χ4n) is 2.53. The lowest BCUT2D eigenvalue weighted by atomic mass is 10.0. The van der Waals surface area contributed by atoms with Crippen molar-refractivity contribution in [3.8, 4) is 0 Å². The molecule has 0 aliphatic heterocycles. The molecule has 0 aromatic carbocycles. The van der Waals surface area contributed by atoms with Gasteiger partial charge in [-0.1, -0.05) is 78.1 Å². The molecule has 0 fully saturated rings. The maximum atomic E-state index is 11.2. The van der Waals surface area contributed by atoms with Crippen molar-refractivity contribution >= 4 is 20.6 Å². The summed E-state index contributed by atoms with van der Waals surface area (Å²) in [5, 5.41) is 0. The van der Waals surface area contributed by atoms with E-state index >= 15 is 0 Å². The zero-order valence-electron chi connectivity index (χ0n) is 15.5. The van der Waals surface area contributed by atoms with Gasteiger partial charge in [-0.05, 0) is 19.3 Å². The lowest BCUT2D eigenvalue weighted by Crippen LogP contribution is -2.04. The van der Waals surface area contributed by atoms with Crippen LogP contribution >= 0.6 is 8.81 Å². The molecule has 0 aromatic heterocycles. The van der Waals surface area contributed by atoms with Crippen LogP contribution in [0.3, 0.4) is 0 Å². The summed E-state index contributed by atoms with van der Waals surface area (Å²) in [6, 6.07) is 0. The summed E-state index contributed by atoms with van der Waals surface area (Å²) in [4.78, 5) is 21.9. The van der Waals surface area contributed by atoms with Crippen LogP contribution in [0.4, 0.5) is 0 Å². The van der Waals surface area contributed by atoms with Gasteiger partial charge in [-0.2, -0.15) is 0 Å². The maximum absolute atomic E-state index is 11.2. The number of Topliss-reactive ketones (excluding diaryl/α,β-unsaturated/α-hetero) is 1. The Hall–Kier alpha value is -0.430. The number of hydrogen-bond acceptors (Lipinski definition) is 3. The number of carbonyl (C=O) groups is 2. The molecule has 1 atom stereocenters. The highest BCUT2D eigenvalue weighted by atomic mass is 31.1. The topological polar surface area (TPSA) is 43.4 Å². The van der Waals surface area contributed by atoms with Crippen molar-refractivity contribution in [3.05, 3.63) is 0 Å². The molecule has 0 amide bonds. The number of unbranched alkanes of at least 4 members (excludes halogenated alkanes) is 9. The van der Waals surface area contributed by atoms with Gasteiger partial charge in [-0.3, -0.25) is 9.59 Å². The Morgan fingerprint density at radius 1 is 0.826 bits per heavy atom. The molecule has 1 unspecified atom stereocenters. The third kappa shape index (κ3) is 19.5. The first kappa shape index (κ1) is 22.6. The first-order valence-corrected chi connectivity index (χ1v) is 10.6. The number of ketones is 1. The summed E-state index contributed by atoms with van der Waals surface area (Å²) in [6.07, 6.45) is 15.6. The van der Waals surface area contributed by atoms with Crippen molar-refractivity contribution in [2.24, 2.45) is 5.92 Å². The van der Waals surface area contributed by atoms with Gasteiger partial charge in [0.1, 0.15) is 12.2 Å². The Morgan fingerprint density at radius 3 is 1.78 bits per heavy atom. The van der Waals surface area contributed by atoms with Gasteiger partial charge in [0, 0.05) is 6.16 Å². The molecule has 0 saturated carbocycles. The summed E-state index contributed by atoms with van der Waals surface area (Å²) in [5.41, 5.74) is 0. The molecular formula is C19H37O3P. The van der Waals surface area contributed by atoms with E-state index in [1.807, 2.05) is 0 Å². The molecule has 0 aliphatic carbocycles. The molecule has 0 radical (unpaired) electrons. The lowest BCUT2D eigenvalue weighted by molar-refractivity contribution is -0.136. The van der Waals surface area contributed by atoms with Gasteiger partial charge in [0.25, 0.3) is 0 Å². The zero-order valence-corrected chi connectivity index (χ0v) is 16.5. The van der Waals surface area contributed by atoms with E-state index in [2.05, 4.69) is 13.8 Å². The molecule has 0 aromatic rings. The van der Waals surface area contributed by atoms with Gasteiger partial charge in [0.15, 0.2) is 0 Å². The second kappa shape index (κ2) is 16.4. The van der Waals surface area contributed by atoms with E-state index in [4.69, 9.17) is 4.52 Å². The van der Waals surface area contributed by atoms with E-state index in [0.29, 0.717) is 0 Å². The largest absolute Gasteiger partial charge is 0.448 e. The fourth-order valence-corrected chi connectivity index (χ4v) is 3.26. The molecule has 0 spiro atoms. The molecule has 0 N–H and O–H groups in total. The molecule has 0 bridgehead atoms. The molecule has 0 aliphatic rings. The van der Waals surface area contributed by atoms with Crippen LogP contribution < -0.4 is 0 Å². The van der Waals surface area contributed by atoms with E-state index in [9.17, 15) is 9.59 Å². The van der Waals surface area contributed by atoms with Crippen molar-refractivity contribution in [3.63, 3.8) is 0 Å². The Morgan fingerprint density at radius 2 is 1.30 bits per heavy atom. The summed E-state index contributed by atoms with van der Waals surface area (Å²) < 4.78 is 5.03. The van der Waals surface area contributed by atoms with Gasteiger partial charge >= 0.3 is 5.97 Å². The first-order chi connectivity index (χ1) is 11.0. The molecule has 4 heteroatoms. The molecule has 0 saturated heterocycles. The molecular weight excluding hydrogens is 307 g/mol. The van der Waals surface area contributed by atoms with Gasteiger partial charge in [-0.15, -0.1) is 0 Å². The summed E-state index contributed by atoms with van der Waals surface area (Å²) in [6.45, 7) is 6.02. The predicted molar refractivity (Wildman–Crippen MR) is 100 cm³/mol. The standard InChI is InChI=1S/C19H37O3P/c1-17(2)14-12-10-8-6-4-5-7-9-11-13-15-23-22-19(21)16-18(3)20/h17,23H,4-16H2,1-3H3. The van der Waals surface area contributed by atoms with Gasteiger partial charge in [0.05, 0.1) is 8.81 Å². The van der Waals surface area contributed by atoms with Crippen LogP contribution in [-0.2, 0) is 14.1 Å². The van der Waals surface area contributed by atoms with Crippen LogP contribution in [0.15, 0.2) is 0 Å². The van der Waals surface area contributed by atoms with Crippen LogP contribution in [0.1, 0.15) is 97.8 Å². The van der Waals surface area contributed by atoms with Crippen LogP contribution in [0.5, 0.6) is 0 Å². The average Bonchev–Trinajstić information content (AvgIpc) is 2.46. The second-order valence-corrected chi connectivity index (χ2v) is 7.96. The summed E-state index contributed by atoms with van der Waals surface area (Å²) in [5.74, 6) is 0.359. The first-order valence-electron chi connectivity index (χ1n) is 9.44. The van der Waals surface area contributed by atoms with Gasteiger partial charge in [0.2, 0.25) is 0 Å². The minimum atomic E-state index is -0.371. The number of carbonyl (C=O) groups excluding carboxylic acids is 2. The molecule has 23 heavy (non-hydrogen) atoms. The van der Waals surface area contributed by atoms with Crippen molar-refractivity contribution in [2.45, 2.75) is 97.8 Å². The highest BCUT2D eigenvalue weighted by Crippen LogP contribution is 2.18. The number of rotatable bonds is 16. The second-order valence-electron chi connectivity index (χ2n) is 6.97. The average molecular weight is 344 g/mol. The minimum absolute atomic E-state index is 0.0789. The highest BCUT2D eigenvalue weighted by molar-refractivity contribution is 7.32.